The molecule has 0 aliphatic carbocycles. The number of nitrogens with zero attached hydrogens (tertiary/aromatic N) is 2. The number of hydrogen-bond acceptors (Lipinski definition) is 6. The number of carbonyl (C=O) groups excluding carboxylic acids is 2. The van der Waals surface area contributed by atoms with Crippen molar-refractivity contribution < 1.29 is 19.1 Å². The van der Waals surface area contributed by atoms with E-state index in [1.807, 2.05) is 41.0 Å². The van der Waals surface area contributed by atoms with Crippen molar-refractivity contribution >= 4 is 34.3 Å². The Balaban J connectivity index is 1.78. The van der Waals surface area contributed by atoms with E-state index in [1.54, 1.807) is 6.20 Å². The quantitative estimate of drug-likeness (QED) is 0.463. The first-order valence-corrected chi connectivity index (χ1v) is 11.7. The van der Waals surface area contributed by atoms with Crippen LogP contribution in [0.3, 0.4) is 0 Å². The first-order valence-electron chi connectivity index (χ1n) is 11.7. The van der Waals surface area contributed by atoms with Crippen molar-refractivity contribution in [3.63, 3.8) is 0 Å². The van der Waals surface area contributed by atoms with Gasteiger partial charge in [0.05, 0.1) is 37.2 Å². The highest BCUT2D eigenvalue weighted by Crippen LogP contribution is 2.33. The lowest BCUT2D eigenvalue weighted by Gasteiger charge is -2.12. The van der Waals surface area contributed by atoms with Crippen LogP contribution >= 0.6 is 0 Å². The zero-order valence-corrected chi connectivity index (χ0v) is 20.0. The van der Waals surface area contributed by atoms with Gasteiger partial charge in [0, 0.05) is 25.1 Å². The fourth-order valence-corrected chi connectivity index (χ4v) is 4.15. The van der Waals surface area contributed by atoms with Gasteiger partial charge in [0.15, 0.2) is 5.69 Å². The minimum absolute atomic E-state index is 0.162. The lowest BCUT2D eigenvalue weighted by Crippen LogP contribution is -2.24. The van der Waals surface area contributed by atoms with Crippen LogP contribution in [0.2, 0.25) is 0 Å². The van der Waals surface area contributed by atoms with Crippen LogP contribution in [-0.2, 0) is 27.2 Å². The largest absolute Gasteiger partial charge is 0.464 e. The Bertz CT molecular complexity index is 1150. The number of amides is 1. The van der Waals surface area contributed by atoms with Gasteiger partial charge in [-0.25, -0.2) is 9.78 Å². The van der Waals surface area contributed by atoms with E-state index in [9.17, 15) is 9.59 Å². The smallest absolute Gasteiger partial charge is 0.356 e. The molecule has 1 amide bonds. The second kappa shape index (κ2) is 10.7. The van der Waals surface area contributed by atoms with E-state index in [0.29, 0.717) is 60.9 Å². The summed E-state index contributed by atoms with van der Waals surface area (Å²) < 4.78 is 12.4. The number of aromatic nitrogens is 2. The predicted molar refractivity (Wildman–Crippen MR) is 132 cm³/mol. The summed E-state index contributed by atoms with van der Waals surface area (Å²) in [7, 11) is 1.35. The molecule has 4 rings (SSSR count). The van der Waals surface area contributed by atoms with E-state index < -0.39 is 5.97 Å². The summed E-state index contributed by atoms with van der Waals surface area (Å²) in [6.45, 7) is 6.50. The van der Waals surface area contributed by atoms with E-state index in [0.717, 1.165) is 17.8 Å². The predicted octanol–water partition coefficient (Wildman–Crippen LogP) is 4.11. The van der Waals surface area contributed by atoms with Crippen molar-refractivity contribution in [3.8, 4) is 0 Å². The van der Waals surface area contributed by atoms with Gasteiger partial charge in [0.1, 0.15) is 5.65 Å². The molecule has 1 aliphatic rings. The molecule has 1 aliphatic heterocycles. The SMILES string of the molecule is COC(=O)c1c(NC(=O)[C@H]2CCOC2)c2cc(NCC(C)C)cnc2n1CCc1ccccc1. The lowest BCUT2D eigenvalue weighted by molar-refractivity contribution is -0.119. The molecule has 0 radical (unpaired) electrons. The van der Waals surface area contributed by atoms with E-state index in [4.69, 9.17) is 14.5 Å². The van der Waals surface area contributed by atoms with E-state index >= 15 is 0 Å². The molecule has 0 bridgehead atoms. The second-order valence-corrected chi connectivity index (χ2v) is 9.02. The lowest BCUT2D eigenvalue weighted by atomic mass is 10.1. The molecule has 1 aromatic carbocycles. The fraction of sp³-hybridized carbons (Fsp3) is 0.423. The van der Waals surface area contributed by atoms with E-state index in [1.165, 1.54) is 7.11 Å². The number of carbonyl (C=O) groups is 2. The van der Waals surface area contributed by atoms with Gasteiger partial charge >= 0.3 is 5.97 Å². The highest BCUT2D eigenvalue weighted by atomic mass is 16.5. The number of pyridine rings is 1. The van der Waals surface area contributed by atoms with Crippen LogP contribution < -0.4 is 10.6 Å². The van der Waals surface area contributed by atoms with Crippen molar-refractivity contribution in [2.24, 2.45) is 11.8 Å². The summed E-state index contributed by atoms with van der Waals surface area (Å²) in [5.74, 6) is -0.465. The topological polar surface area (TPSA) is 94.5 Å². The number of fused-ring (bicyclic) bond motifs is 1. The van der Waals surface area contributed by atoms with Gasteiger partial charge in [0.25, 0.3) is 0 Å². The fourth-order valence-electron chi connectivity index (χ4n) is 4.15. The highest BCUT2D eigenvalue weighted by molar-refractivity contribution is 6.11. The summed E-state index contributed by atoms with van der Waals surface area (Å²) in [4.78, 5) is 30.7. The average Bonchev–Trinajstić information content (AvgIpc) is 3.49. The molecule has 1 atom stereocenters. The van der Waals surface area contributed by atoms with Crippen molar-refractivity contribution in [1.82, 2.24) is 9.55 Å². The second-order valence-electron chi connectivity index (χ2n) is 9.02. The third kappa shape index (κ3) is 5.22. The van der Waals surface area contributed by atoms with Crippen molar-refractivity contribution in [3.05, 3.63) is 53.9 Å². The maximum Gasteiger partial charge on any atom is 0.356 e. The summed E-state index contributed by atoms with van der Waals surface area (Å²) in [5, 5.41) is 7.10. The number of aryl methyl sites for hydroxylation is 2. The number of esters is 1. The van der Waals surface area contributed by atoms with Gasteiger partial charge in [-0.05, 0) is 30.4 Å². The summed E-state index contributed by atoms with van der Waals surface area (Å²) >= 11 is 0. The Morgan fingerprint density at radius 1 is 1.26 bits per heavy atom. The molecule has 3 heterocycles. The number of hydrogen-bond donors (Lipinski definition) is 2. The zero-order chi connectivity index (χ0) is 24.1. The first-order chi connectivity index (χ1) is 16.5. The Kier molecular flexibility index (Phi) is 7.47. The minimum Gasteiger partial charge on any atom is -0.464 e. The van der Waals surface area contributed by atoms with Gasteiger partial charge < -0.3 is 24.7 Å². The summed E-state index contributed by atoms with van der Waals surface area (Å²) in [6.07, 6.45) is 3.13. The van der Waals surface area contributed by atoms with Gasteiger partial charge in [0.2, 0.25) is 5.91 Å². The van der Waals surface area contributed by atoms with Crippen molar-refractivity contribution in [2.75, 3.05) is 37.5 Å². The third-order valence-electron chi connectivity index (χ3n) is 6.01. The number of methoxy groups -OCH3 is 1. The molecule has 0 unspecified atom stereocenters. The average molecular weight is 465 g/mol. The van der Waals surface area contributed by atoms with E-state index in [2.05, 4.69) is 24.5 Å². The molecule has 0 saturated carbocycles. The van der Waals surface area contributed by atoms with Crippen LogP contribution in [0.4, 0.5) is 11.4 Å². The van der Waals surface area contributed by atoms with Crippen LogP contribution in [0, 0.1) is 11.8 Å². The normalized spacial score (nSPS) is 15.6. The summed E-state index contributed by atoms with van der Waals surface area (Å²) in [6, 6.07) is 12.0. The number of ether oxygens (including phenoxy) is 2. The Morgan fingerprint density at radius 2 is 2.06 bits per heavy atom. The highest BCUT2D eigenvalue weighted by Gasteiger charge is 2.29. The zero-order valence-electron chi connectivity index (χ0n) is 20.0. The molecule has 8 nitrogen and oxygen atoms in total. The standard InChI is InChI=1S/C26H32N4O4/c1-17(2)14-27-20-13-21-22(29-25(31)19-10-12-34-16-19)23(26(32)33-3)30(24(21)28-15-20)11-9-18-7-5-4-6-8-18/h4-8,13,15,17,19,27H,9-12,14,16H2,1-3H3,(H,29,31)/t19-/m0/s1. The molecule has 2 N–H and O–H groups in total. The van der Waals surface area contributed by atoms with E-state index in [-0.39, 0.29) is 11.8 Å². The first kappa shape index (κ1) is 23.8. The number of rotatable bonds is 9. The van der Waals surface area contributed by atoms with Crippen LogP contribution in [0.5, 0.6) is 0 Å². The Labute approximate surface area is 199 Å². The number of benzene rings is 1. The molecular formula is C26H32N4O4. The number of nitrogens with one attached hydrogen (secondary N) is 2. The molecule has 2 aromatic heterocycles. The molecule has 8 heteroatoms. The van der Waals surface area contributed by atoms with Crippen molar-refractivity contribution in [1.29, 1.82) is 0 Å². The van der Waals surface area contributed by atoms with Crippen molar-refractivity contribution in [2.45, 2.75) is 33.2 Å². The van der Waals surface area contributed by atoms with Crippen LogP contribution in [0.1, 0.15) is 36.3 Å². The molecule has 1 fully saturated rings. The van der Waals surface area contributed by atoms with Gasteiger partial charge in [-0.2, -0.15) is 0 Å². The van der Waals surface area contributed by atoms with Crippen LogP contribution in [-0.4, -0.2) is 48.3 Å². The minimum atomic E-state index is -0.513. The van der Waals surface area contributed by atoms with Gasteiger partial charge in [-0.3, -0.25) is 4.79 Å². The Hall–Kier alpha value is -3.39. The molecule has 3 aromatic rings. The summed E-state index contributed by atoms with van der Waals surface area (Å²) in [5.41, 5.74) is 3.34. The maximum absolute atomic E-state index is 13.0. The van der Waals surface area contributed by atoms with Crippen LogP contribution in [0.25, 0.3) is 11.0 Å². The van der Waals surface area contributed by atoms with Crippen LogP contribution in [0.15, 0.2) is 42.6 Å². The molecule has 34 heavy (non-hydrogen) atoms. The maximum atomic E-state index is 13.0. The van der Waals surface area contributed by atoms with Gasteiger partial charge in [-0.1, -0.05) is 44.2 Å². The number of anilines is 2. The molecule has 180 valence electrons. The molecule has 0 spiro atoms. The molecule has 1 saturated heterocycles. The monoisotopic (exact) mass is 464 g/mol. The van der Waals surface area contributed by atoms with Gasteiger partial charge in [-0.15, -0.1) is 0 Å². The third-order valence-corrected chi connectivity index (χ3v) is 6.01. The Morgan fingerprint density at radius 3 is 2.74 bits per heavy atom. The molecular weight excluding hydrogens is 432 g/mol.